The normalized spacial score (nSPS) is 6.40. The van der Waals surface area contributed by atoms with Crippen LogP contribution in [0.3, 0.4) is 0 Å². The number of hydrogen-bond donors (Lipinski definition) is 4. The Morgan fingerprint density at radius 1 is 0.600 bits per heavy atom. The summed E-state index contributed by atoms with van der Waals surface area (Å²) in [5.41, 5.74) is 0. The van der Waals surface area contributed by atoms with Crippen LogP contribution in [-0.4, -0.2) is 46.9 Å². The second kappa shape index (κ2) is 61.3. The topological polar surface area (TPSA) is 80.9 Å². The summed E-state index contributed by atoms with van der Waals surface area (Å²) >= 11 is 0. The quantitative estimate of drug-likeness (QED) is 0.607. The van der Waals surface area contributed by atoms with Gasteiger partial charge < -0.3 is 20.4 Å². The van der Waals surface area contributed by atoms with Gasteiger partial charge in [0.25, 0.3) is 0 Å². The molecule has 0 aliphatic heterocycles. The third kappa shape index (κ3) is 321. The summed E-state index contributed by atoms with van der Waals surface area (Å²) in [5, 5.41) is 30.9. The summed E-state index contributed by atoms with van der Waals surface area (Å²) in [7, 11) is 0. The Morgan fingerprint density at radius 3 is 0.667 bits per heavy atom. The van der Waals surface area contributed by atoms with Gasteiger partial charge in [-0.2, -0.15) is 0 Å². The van der Waals surface area contributed by atoms with E-state index in [0.29, 0.717) is 13.2 Å². The minimum absolute atomic E-state index is 0. The van der Waals surface area contributed by atoms with E-state index < -0.39 is 0 Å². The Bertz CT molecular complexity index is 38.4. The molecule has 0 amide bonds. The van der Waals surface area contributed by atoms with E-state index in [2.05, 4.69) is 0 Å². The van der Waals surface area contributed by atoms with Crippen molar-refractivity contribution in [3.05, 3.63) is 0 Å². The molecule has 0 radical (unpaired) electrons. The van der Waals surface area contributed by atoms with Gasteiger partial charge in [0.05, 0.1) is 0 Å². The molecule has 0 bridgehead atoms. The number of hydrogen-bond acceptors (Lipinski definition) is 4. The van der Waals surface area contributed by atoms with E-state index in [1.807, 2.05) is 13.8 Å². The Balaban J connectivity index is -0.0000000293. The molecule has 0 unspecified atom stereocenters. The zero-order chi connectivity index (χ0) is 12.2. The van der Waals surface area contributed by atoms with Crippen LogP contribution in [0.25, 0.3) is 0 Å². The van der Waals surface area contributed by atoms with Crippen molar-refractivity contribution in [3.8, 4) is 0 Å². The fourth-order valence-electron chi connectivity index (χ4n) is 0. The van der Waals surface area contributed by atoms with Gasteiger partial charge in [0.1, 0.15) is 0 Å². The van der Waals surface area contributed by atoms with Crippen molar-refractivity contribution in [3.63, 3.8) is 0 Å². The number of rotatable bonds is 2. The molecule has 4 N–H and O–H groups in total. The van der Waals surface area contributed by atoms with Gasteiger partial charge in [-0.1, -0.05) is 13.8 Å². The van der Waals surface area contributed by atoms with E-state index in [1.54, 1.807) is 13.8 Å². The largest absolute Gasteiger partial charge is 0.397 e. The molecule has 0 aliphatic carbocycles. The van der Waals surface area contributed by atoms with E-state index in [-0.39, 0.29) is 39.4 Å². The van der Waals surface area contributed by atoms with Crippen molar-refractivity contribution in [2.45, 2.75) is 40.5 Å². The van der Waals surface area contributed by atoms with Gasteiger partial charge in [0.15, 0.2) is 0 Å². The standard InChI is InChI=1S/2C3H8O.2C2H6O.Zr/c2*1-2-3-4;2*1-2-3;/h2*4H,2-3H2,1H3;2*3H,2H2,1H3;. The predicted molar refractivity (Wildman–Crippen MR) is 60.3 cm³/mol. The first kappa shape index (κ1) is 29.6. The van der Waals surface area contributed by atoms with Crippen molar-refractivity contribution < 1.29 is 46.6 Å². The van der Waals surface area contributed by atoms with Crippen molar-refractivity contribution in [1.29, 1.82) is 0 Å². The molecule has 15 heavy (non-hydrogen) atoms. The first-order valence-electron chi connectivity index (χ1n) is 5.09. The predicted octanol–water partition coefficient (Wildman–Crippen LogP) is 0.772. The molecule has 0 fully saturated rings. The van der Waals surface area contributed by atoms with Gasteiger partial charge in [0.2, 0.25) is 0 Å². The van der Waals surface area contributed by atoms with Gasteiger partial charge in [0, 0.05) is 52.6 Å². The molecule has 0 aliphatic rings. The smallest absolute Gasteiger partial charge is 0.0428 e. The van der Waals surface area contributed by atoms with Crippen molar-refractivity contribution in [2.75, 3.05) is 26.4 Å². The van der Waals surface area contributed by atoms with Gasteiger partial charge in [-0.15, -0.1) is 0 Å². The maximum atomic E-state index is 7.88. The van der Waals surface area contributed by atoms with Gasteiger partial charge in [-0.05, 0) is 26.7 Å². The Hall–Kier alpha value is 0.723. The molecule has 0 saturated carbocycles. The summed E-state index contributed by atoms with van der Waals surface area (Å²) in [5.74, 6) is 0. The Morgan fingerprint density at radius 2 is 0.667 bits per heavy atom. The summed E-state index contributed by atoms with van der Waals surface area (Å²) in [6.07, 6.45) is 1.75. The van der Waals surface area contributed by atoms with Gasteiger partial charge in [-0.25, -0.2) is 0 Å². The molecule has 0 aromatic carbocycles. The summed E-state index contributed by atoms with van der Waals surface area (Å²) in [4.78, 5) is 0. The van der Waals surface area contributed by atoms with Crippen molar-refractivity contribution in [2.24, 2.45) is 0 Å². The molecule has 0 aromatic rings. The molecular weight excluding hydrogens is 275 g/mol. The fraction of sp³-hybridized carbons (Fsp3) is 1.00. The Kier molecular flexibility index (Phi) is 121. The van der Waals surface area contributed by atoms with E-state index in [0.717, 1.165) is 12.8 Å². The summed E-state index contributed by atoms with van der Waals surface area (Å²) in [6.45, 7) is 8.36. The van der Waals surface area contributed by atoms with E-state index in [4.69, 9.17) is 20.4 Å². The third-order valence-electron chi connectivity index (χ3n) is 0.447. The van der Waals surface area contributed by atoms with E-state index >= 15 is 0 Å². The zero-order valence-electron chi connectivity index (χ0n) is 10.5. The molecule has 0 rings (SSSR count). The van der Waals surface area contributed by atoms with Crippen molar-refractivity contribution >= 4 is 0 Å². The van der Waals surface area contributed by atoms with Crippen LogP contribution in [0.15, 0.2) is 0 Å². The fourth-order valence-corrected chi connectivity index (χ4v) is 0. The van der Waals surface area contributed by atoms with Crippen LogP contribution in [0.1, 0.15) is 40.5 Å². The molecule has 0 heterocycles. The SMILES string of the molecule is CCCO.CCCO.CCO.CCO.[Zr]. The van der Waals surface area contributed by atoms with Crippen LogP contribution >= 0.6 is 0 Å². The monoisotopic (exact) mass is 302 g/mol. The molecule has 4 nitrogen and oxygen atoms in total. The molecule has 0 atom stereocenters. The van der Waals surface area contributed by atoms with Gasteiger partial charge >= 0.3 is 0 Å². The Labute approximate surface area is 113 Å². The number of aliphatic hydroxyl groups is 4. The summed E-state index contributed by atoms with van der Waals surface area (Å²) < 4.78 is 0. The molecule has 5 heteroatoms. The average molecular weight is 304 g/mol. The van der Waals surface area contributed by atoms with Crippen LogP contribution in [-0.2, 0) is 26.2 Å². The minimum Gasteiger partial charge on any atom is -0.397 e. The first-order chi connectivity index (χ1) is 6.66. The second-order valence-electron chi connectivity index (χ2n) is 2.08. The van der Waals surface area contributed by atoms with E-state index in [9.17, 15) is 0 Å². The maximum absolute atomic E-state index is 7.88. The molecule has 0 saturated heterocycles. The third-order valence-corrected chi connectivity index (χ3v) is 0.447. The maximum Gasteiger partial charge on any atom is 0.0428 e. The average Bonchev–Trinajstić information content (AvgIpc) is 2.20. The van der Waals surface area contributed by atoms with Crippen LogP contribution in [0.4, 0.5) is 0 Å². The van der Waals surface area contributed by atoms with Crippen LogP contribution in [0.2, 0.25) is 0 Å². The molecular formula is C10H28O4Zr. The molecule has 96 valence electrons. The second-order valence-corrected chi connectivity index (χ2v) is 2.08. The first-order valence-corrected chi connectivity index (χ1v) is 5.09. The van der Waals surface area contributed by atoms with Gasteiger partial charge in [-0.3, -0.25) is 0 Å². The minimum atomic E-state index is 0. The van der Waals surface area contributed by atoms with Crippen LogP contribution < -0.4 is 0 Å². The molecule has 0 aromatic heterocycles. The van der Waals surface area contributed by atoms with E-state index in [1.165, 1.54) is 0 Å². The van der Waals surface area contributed by atoms with Crippen molar-refractivity contribution in [1.82, 2.24) is 0 Å². The zero-order valence-corrected chi connectivity index (χ0v) is 13.0. The molecule has 0 spiro atoms. The summed E-state index contributed by atoms with van der Waals surface area (Å²) in [6, 6.07) is 0. The number of aliphatic hydroxyl groups excluding tert-OH is 4. The van der Waals surface area contributed by atoms with Crippen LogP contribution in [0.5, 0.6) is 0 Å². The van der Waals surface area contributed by atoms with Crippen LogP contribution in [0, 0.1) is 0 Å².